The minimum atomic E-state index is 0.341. The number of aryl methyl sites for hydroxylation is 1. The van der Waals surface area contributed by atoms with Crippen LogP contribution < -0.4 is 4.74 Å². The highest BCUT2D eigenvalue weighted by molar-refractivity contribution is 5.46. The topological polar surface area (TPSA) is 29.5 Å². The number of hydrogen-bond acceptors (Lipinski definition) is 2. The van der Waals surface area contributed by atoms with E-state index in [1.165, 1.54) is 0 Å². The molecule has 0 radical (unpaired) electrons. The van der Waals surface area contributed by atoms with Crippen molar-refractivity contribution in [3.8, 4) is 11.5 Å². The summed E-state index contributed by atoms with van der Waals surface area (Å²) in [6.07, 6.45) is 2.43. The highest BCUT2D eigenvalue weighted by atomic mass is 16.5. The Morgan fingerprint density at radius 1 is 1.50 bits per heavy atom. The fourth-order valence-electron chi connectivity index (χ4n) is 1.38. The first-order valence-electron chi connectivity index (χ1n) is 4.75. The molecule has 0 bridgehead atoms. The van der Waals surface area contributed by atoms with E-state index in [1.54, 1.807) is 6.08 Å². The maximum Gasteiger partial charge on any atom is 0.122 e. The summed E-state index contributed by atoms with van der Waals surface area (Å²) < 4.78 is 5.38. The predicted molar refractivity (Wildman–Crippen MR) is 57.9 cm³/mol. The lowest BCUT2D eigenvalue weighted by Crippen LogP contribution is -1.94. The summed E-state index contributed by atoms with van der Waals surface area (Å²) in [5, 5.41) is 9.72. The van der Waals surface area contributed by atoms with Gasteiger partial charge in [-0.1, -0.05) is 6.08 Å². The van der Waals surface area contributed by atoms with Crippen molar-refractivity contribution in [1.82, 2.24) is 0 Å². The van der Waals surface area contributed by atoms with E-state index in [2.05, 4.69) is 6.58 Å². The van der Waals surface area contributed by atoms with Gasteiger partial charge in [-0.05, 0) is 38.0 Å². The van der Waals surface area contributed by atoms with Gasteiger partial charge in [0.15, 0.2) is 0 Å². The van der Waals surface area contributed by atoms with Gasteiger partial charge in [-0.15, -0.1) is 6.58 Å². The molecule has 0 unspecified atom stereocenters. The fourth-order valence-corrected chi connectivity index (χ4v) is 1.38. The molecule has 2 nitrogen and oxygen atoms in total. The monoisotopic (exact) mass is 192 g/mol. The van der Waals surface area contributed by atoms with Crippen LogP contribution in [0.4, 0.5) is 0 Å². The van der Waals surface area contributed by atoms with E-state index in [0.717, 1.165) is 16.9 Å². The third-order valence-electron chi connectivity index (χ3n) is 2.03. The molecular weight excluding hydrogens is 176 g/mol. The van der Waals surface area contributed by atoms with Gasteiger partial charge in [0.2, 0.25) is 0 Å². The van der Waals surface area contributed by atoms with Crippen LogP contribution in [0.2, 0.25) is 0 Å². The van der Waals surface area contributed by atoms with Crippen LogP contribution in [0, 0.1) is 6.92 Å². The number of rotatable bonds is 4. The first kappa shape index (κ1) is 10.6. The number of phenolic OH excluding ortho intramolecular Hbond substituents is 1. The summed E-state index contributed by atoms with van der Waals surface area (Å²) in [5.74, 6) is 1.15. The van der Waals surface area contributed by atoms with Crippen LogP contribution in [0.15, 0.2) is 24.8 Å². The van der Waals surface area contributed by atoms with Gasteiger partial charge >= 0.3 is 0 Å². The smallest absolute Gasteiger partial charge is 0.122 e. The third kappa shape index (κ3) is 2.28. The Morgan fingerprint density at radius 2 is 2.21 bits per heavy atom. The molecule has 0 aliphatic rings. The molecule has 76 valence electrons. The second-order valence-electron chi connectivity index (χ2n) is 3.17. The van der Waals surface area contributed by atoms with Crippen molar-refractivity contribution in [2.24, 2.45) is 0 Å². The molecule has 0 atom stereocenters. The van der Waals surface area contributed by atoms with Crippen molar-refractivity contribution in [3.63, 3.8) is 0 Å². The zero-order chi connectivity index (χ0) is 10.6. The number of allylic oxidation sites excluding steroid dienone is 1. The van der Waals surface area contributed by atoms with E-state index in [9.17, 15) is 5.11 Å². The maximum atomic E-state index is 9.72. The minimum absolute atomic E-state index is 0.341. The second-order valence-corrected chi connectivity index (χ2v) is 3.17. The molecular formula is C12H16O2. The SMILES string of the molecule is C=CCc1cc(OCC)cc(C)c1O. The number of benzene rings is 1. The van der Waals surface area contributed by atoms with Gasteiger partial charge in [-0.25, -0.2) is 0 Å². The molecule has 1 aromatic carbocycles. The van der Waals surface area contributed by atoms with E-state index < -0.39 is 0 Å². The summed E-state index contributed by atoms with van der Waals surface area (Å²) in [6, 6.07) is 3.69. The summed E-state index contributed by atoms with van der Waals surface area (Å²) in [7, 11) is 0. The quantitative estimate of drug-likeness (QED) is 0.743. The van der Waals surface area contributed by atoms with E-state index in [1.807, 2.05) is 26.0 Å². The molecule has 1 rings (SSSR count). The minimum Gasteiger partial charge on any atom is -0.507 e. The van der Waals surface area contributed by atoms with Gasteiger partial charge in [0.1, 0.15) is 11.5 Å². The average Bonchev–Trinajstić information content (AvgIpc) is 2.14. The first-order valence-corrected chi connectivity index (χ1v) is 4.75. The van der Waals surface area contributed by atoms with Crippen LogP contribution >= 0.6 is 0 Å². The standard InChI is InChI=1S/C12H16O2/c1-4-6-10-8-11(14-5-2)7-9(3)12(10)13/h4,7-8,13H,1,5-6H2,2-3H3. The van der Waals surface area contributed by atoms with E-state index in [0.29, 0.717) is 18.8 Å². The van der Waals surface area contributed by atoms with E-state index in [-0.39, 0.29) is 0 Å². The fraction of sp³-hybridized carbons (Fsp3) is 0.333. The van der Waals surface area contributed by atoms with Gasteiger partial charge < -0.3 is 9.84 Å². The molecule has 1 aromatic rings. The van der Waals surface area contributed by atoms with Crippen LogP contribution in [0.25, 0.3) is 0 Å². The summed E-state index contributed by atoms with van der Waals surface area (Å²) in [4.78, 5) is 0. The van der Waals surface area contributed by atoms with Crippen LogP contribution in [0.5, 0.6) is 11.5 Å². The van der Waals surface area contributed by atoms with Crippen LogP contribution in [-0.4, -0.2) is 11.7 Å². The van der Waals surface area contributed by atoms with Gasteiger partial charge in [-0.3, -0.25) is 0 Å². The Balaban J connectivity index is 3.06. The Hall–Kier alpha value is -1.44. The Bertz CT molecular complexity index is 329. The van der Waals surface area contributed by atoms with Crippen molar-refractivity contribution in [2.75, 3.05) is 6.61 Å². The van der Waals surface area contributed by atoms with Gasteiger partial charge in [-0.2, -0.15) is 0 Å². The zero-order valence-electron chi connectivity index (χ0n) is 8.71. The number of aromatic hydroxyl groups is 1. The van der Waals surface area contributed by atoms with Crippen molar-refractivity contribution < 1.29 is 9.84 Å². The molecule has 0 aliphatic heterocycles. The maximum absolute atomic E-state index is 9.72. The number of phenols is 1. The summed E-state index contributed by atoms with van der Waals surface area (Å²) >= 11 is 0. The van der Waals surface area contributed by atoms with Gasteiger partial charge in [0.05, 0.1) is 6.61 Å². The molecule has 14 heavy (non-hydrogen) atoms. The zero-order valence-corrected chi connectivity index (χ0v) is 8.71. The first-order chi connectivity index (χ1) is 6.69. The number of hydrogen-bond donors (Lipinski definition) is 1. The molecule has 0 saturated carbocycles. The molecule has 2 heteroatoms. The van der Waals surface area contributed by atoms with Crippen molar-refractivity contribution in [2.45, 2.75) is 20.3 Å². The third-order valence-corrected chi connectivity index (χ3v) is 2.03. The lowest BCUT2D eigenvalue weighted by atomic mass is 10.1. The molecule has 0 saturated heterocycles. The van der Waals surface area contributed by atoms with Crippen molar-refractivity contribution >= 4 is 0 Å². The molecule has 1 N–H and O–H groups in total. The van der Waals surface area contributed by atoms with E-state index >= 15 is 0 Å². The van der Waals surface area contributed by atoms with Gasteiger partial charge in [0, 0.05) is 5.56 Å². The Labute approximate surface area is 84.8 Å². The largest absolute Gasteiger partial charge is 0.507 e. The predicted octanol–water partition coefficient (Wildman–Crippen LogP) is 2.83. The van der Waals surface area contributed by atoms with Gasteiger partial charge in [0.25, 0.3) is 0 Å². The van der Waals surface area contributed by atoms with Crippen LogP contribution in [-0.2, 0) is 6.42 Å². The van der Waals surface area contributed by atoms with Crippen LogP contribution in [0.3, 0.4) is 0 Å². The average molecular weight is 192 g/mol. The van der Waals surface area contributed by atoms with E-state index in [4.69, 9.17) is 4.74 Å². The lowest BCUT2D eigenvalue weighted by molar-refractivity contribution is 0.338. The van der Waals surface area contributed by atoms with Crippen molar-refractivity contribution in [1.29, 1.82) is 0 Å². The second kappa shape index (κ2) is 4.70. The molecule has 0 spiro atoms. The number of ether oxygens (including phenoxy) is 1. The van der Waals surface area contributed by atoms with Crippen LogP contribution in [0.1, 0.15) is 18.1 Å². The highest BCUT2D eigenvalue weighted by Gasteiger charge is 2.05. The molecule has 0 fully saturated rings. The summed E-state index contributed by atoms with van der Waals surface area (Å²) in [5.41, 5.74) is 1.70. The Morgan fingerprint density at radius 3 is 2.79 bits per heavy atom. The molecule has 0 amide bonds. The highest BCUT2D eigenvalue weighted by Crippen LogP contribution is 2.28. The Kier molecular flexibility index (Phi) is 3.57. The summed E-state index contributed by atoms with van der Waals surface area (Å²) in [6.45, 7) is 8.09. The lowest BCUT2D eigenvalue weighted by Gasteiger charge is -2.09. The molecule has 0 aliphatic carbocycles. The molecule has 0 aromatic heterocycles. The normalized spacial score (nSPS) is 9.86. The molecule has 0 heterocycles. The van der Waals surface area contributed by atoms with Crippen molar-refractivity contribution in [3.05, 3.63) is 35.9 Å².